The first-order chi connectivity index (χ1) is 11.2. The predicted molar refractivity (Wildman–Crippen MR) is 93.2 cm³/mol. The lowest BCUT2D eigenvalue weighted by Gasteiger charge is -2.20. The van der Waals surface area contributed by atoms with Gasteiger partial charge in [-0.05, 0) is 29.5 Å². The molecule has 3 N–H and O–H groups in total. The molecule has 2 aromatic rings. The summed E-state index contributed by atoms with van der Waals surface area (Å²) in [5, 5.41) is 12.9. The Labute approximate surface area is 142 Å². The Bertz CT molecular complexity index is 724. The van der Waals surface area contributed by atoms with Crippen LogP contribution in [0.15, 0.2) is 36.5 Å². The zero-order valence-electron chi connectivity index (χ0n) is 14.5. The highest BCUT2D eigenvalue weighted by molar-refractivity contribution is 5.99. The van der Waals surface area contributed by atoms with Gasteiger partial charge < -0.3 is 15.4 Å². The molecule has 0 spiro atoms. The second-order valence-corrected chi connectivity index (χ2v) is 6.96. The average Bonchev–Trinajstić information content (AvgIpc) is 3.02. The van der Waals surface area contributed by atoms with Crippen LogP contribution in [0.1, 0.15) is 65.8 Å². The standard InChI is InChI=1S/C19H24N2O3/c1-12(22)14-9-16(20-10-14)18(24)21-11-17(23)13-5-7-15(8-6-13)19(2,3)4/h5-10,17,20,23H,11H2,1-4H3,(H,21,24). The van der Waals surface area contributed by atoms with Crippen molar-refractivity contribution in [2.75, 3.05) is 6.54 Å². The summed E-state index contributed by atoms with van der Waals surface area (Å²) >= 11 is 0. The van der Waals surface area contributed by atoms with Gasteiger partial charge in [-0.2, -0.15) is 0 Å². The Balaban J connectivity index is 1.95. The van der Waals surface area contributed by atoms with Crippen LogP contribution in [0.3, 0.4) is 0 Å². The van der Waals surface area contributed by atoms with Gasteiger partial charge in [0.05, 0.1) is 6.10 Å². The largest absolute Gasteiger partial charge is 0.387 e. The molecule has 1 amide bonds. The highest BCUT2D eigenvalue weighted by atomic mass is 16.3. The Morgan fingerprint density at radius 3 is 2.33 bits per heavy atom. The maximum Gasteiger partial charge on any atom is 0.267 e. The van der Waals surface area contributed by atoms with Crippen molar-refractivity contribution in [3.05, 3.63) is 58.9 Å². The summed E-state index contributed by atoms with van der Waals surface area (Å²) < 4.78 is 0. The monoisotopic (exact) mass is 328 g/mol. The van der Waals surface area contributed by atoms with E-state index < -0.39 is 6.10 Å². The van der Waals surface area contributed by atoms with Gasteiger partial charge in [0.2, 0.25) is 0 Å². The SMILES string of the molecule is CC(=O)c1c[nH]c(C(=O)NCC(O)c2ccc(C(C)(C)C)cc2)c1. The first-order valence-electron chi connectivity index (χ1n) is 7.94. The van der Waals surface area contributed by atoms with Gasteiger partial charge in [0.25, 0.3) is 5.91 Å². The van der Waals surface area contributed by atoms with Gasteiger partial charge in [-0.25, -0.2) is 0 Å². The van der Waals surface area contributed by atoms with Crippen LogP contribution in [0, 0.1) is 0 Å². The minimum Gasteiger partial charge on any atom is -0.387 e. The first-order valence-corrected chi connectivity index (χ1v) is 7.94. The lowest BCUT2D eigenvalue weighted by molar-refractivity contribution is 0.0912. The molecule has 0 fully saturated rings. The van der Waals surface area contributed by atoms with E-state index in [1.807, 2.05) is 24.3 Å². The zero-order chi connectivity index (χ0) is 17.9. The molecule has 1 aromatic carbocycles. The van der Waals surface area contributed by atoms with E-state index in [-0.39, 0.29) is 23.7 Å². The van der Waals surface area contributed by atoms with Crippen molar-refractivity contribution in [3.63, 3.8) is 0 Å². The van der Waals surface area contributed by atoms with Crippen molar-refractivity contribution >= 4 is 11.7 Å². The van der Waals surface area contributed by atoms with Gasteiger partial charge in [-0.1, -0.05) is 45.0 Å². The van der Waals surface area contributed by atoms with E-state index in [9.17, 15) is 14.7 Å². The number of aliphatic hydroxyl groups is 1. The molecule has 24 heavy (non-hydrogen) atoms. The second kappa shape index (κ2) is 7.01. The molecule has 0 radical (unpaired) electrons. The fourth-order valence-electron chi connectivity index (χ4n) is 2.34. The van der Waals surface area contributed by atoms with Crippen LogP contribution in [0.4, 0.5) is 0 Å². The summed E-state index contributed by atoms with van der Waals surface area (Å²) in [7, 11) is 0. The molecule has 1 aromatic heterocycles. The molecule has 5 heteroatoms. The number of carbonyl (C=O) groups excluding carboxylic acids is 2. The molecule has 128 valence electrons. The molecule has 0 saturated heterocycles. The van der Waals surface area contributed by atoms with Gasteiger partial charge >= 0.3 is 0 Å². The lowest BCUT2D eigenvalue weighted by Crippen LogP contribution is -2.28. The fraction of sp³-hybridized carbons (Fsp3) is 0.368. The number of hydrogen-bond donors (Lipinski definition) is 3. The molecule has 0 aliphatic carbocycles. The number of amides is 1. The van der Waals surface area contributed by atoms with Gasteiger partial charge in [-0.15, -0.1) is 0 Å². The molecule has 2 rings (SSSR count). The van der Waals surface area contributed by atoms with Crippen LogP contribution < -0.4 is 5.32 Å². The first kappa shape index (κ1) is 17.9. The Kier molecular flexibility index (Phi) is 5.24. The topological polar surface area (TPSA) is 82.2 Å². The number of H-pyrrole nitrogens is 1. The van der Waals surface area contributed by atoms with E-state index in [0.717, 1.165) is 5.56 Å². The van der Waals surface area contributed by atoms with Gasteiger partial charge in [0, 0.05) is 18.3 Å². The summed E-state index contributed by atoms with van der Waals surface area (Å²) in [6, 6.07) is 9.23. The molecule has 0 saturated carbocycles. The van der Waals surface area contributed by atoms with Gasteiger partial charge in [-0.3, -0.25) is 9.59 Å². The smallest absolute Gasteiger partial charge is 0.267 e. The van der Waals surface area contributed by atoms with E-state index in [0.29, 0.717) is 11.3 Å². The minimum absolute atomic E-state index is 0.0553. The minimum atomic E-state index is -0.787. The van der Waals surface area contributed by atoms with E-state index in [1.165, 1.54) is 24.8 Å². The molecule has 1 atom stereocenters. The van der Waals surface area contributed by atoms with E-state index in [4.69, 9.17) is 0 Å². The van der Waals surface area contributed by atoms with Crippen LogP contribution >= 0.6 is 0 Å². The van der Waals surface area contributed by atoms with E-state index >= 15 is 0 Å². The van der Waals surface area contributed by atoms with Crippen molar-refractivity contribution in [1.82, 2.24) is 10.3 Å². The van der Waals surface area contributed by atoms with Crippen molar-refractivity contribution in [2.45, 2.75) is 39.2 Å². The highest BCUT2D eigenvalue weighted by Gasteiger charge is 2.16. The third-order valence-corrected chi connectivity index (χ3v) is 3.95. The molecule has 0 aliphatic rings. The summed E-state index contributed by atoms with van der Waals surface area (Å²) in [6.07, 6.45) is 0.712. The molecule has 5 nitrogen and oxygen atoms in total. The molecule has 1 heterocycles. The summed E-state index contributed by atoms with van der Waals surface area (Å²) in [5.41, 5.74) is 2.75. The van der Waals surface area contributed by atoms with Gasteiger partial charge in [0.1, 0.15) is 5.69 Å². The Morgan fingerprint density at radius 2 is 1.83 bits per heavy atom. The Morgan fingerprint density at radius 1 is 1.21 bits per heavy atom. The highest BCUT2D eigenvalue weighted by Crippen LogP contribution is 2.23. The molecule has 0 bridgehead atoms. The maximum absolute atomic E-state index is 12.0. The zero-order valence-corrected chi connectivity index (χ0v) is 14.5. The van der Waals surface area contributed by atoms with Gasteiger partial charge in [0.15, 0.2) is 5.78 Å². The van der Waals surface area contributed by atoms with Crippen LogP contribution in [0.5, 0.6) is 0 Å². The van der Waals surface area contributed by atoms with Crippen molar-refractivity contribution in [2.24, 2.45) is 0 Å². The summed E-state index contributed by atoms with van der Waals surface area (Å²) in [6.45, 7) is 7.93. The third kappa shape index (κ3) is 4.32. The number of nitrogens with one attached hydrogen (secondary N) is 2. The van der Waals surface area contributed by atoms with Crippen LogP contribution in [0.25, 0.3) is 0 Å². The number of hydrogen-bond acceptors (Lipinski definition) is 3. The number of Topliss-reactive ketones (excluding diaryl/α,β-unsaturated/α-hetero) is 1. The number of rotatable bonds is 5. The quantitative estimate of drug-likeness (QED) is 0.738. The van der Waals surface area contributed by atoms with Crippen molar-refractivity contribution in [3.8, 4) is 0 Å². The lowest BCUT2D eigenvalue weighted by atomic mass is 9.86. The van der Waals surface area contributed by atoms with Crippen molar-refractivity contribution < 1.29 is 14.7 Å². The summed E-state index contributed by atoms with van der Waals surface area (Å²) in [4.78, 5) is 26.0. The number of ketones is 1. The van der Waals surface area contributed by atoms with E-state index in [2.05, 4.69) is 31.1 Å². The number of aliphatic hydroxyl groups excluding tert-OH is 1. The predicted octanol–water partition coefficient (Wildman–Crippen LogP) is 2.98. The van der Waals surface area contributed by atoms with Crippen LogP contribution in [-0.4, -0.2) is 28.3 Å². The third-order valence-electron chi connectivity index (χ3n) is 3.95. The fourth-order valence-corrected chi connectivity index (χ4v) is 2.34. The molecular weight excluding hydrogens is 304 g/mol. The van der Waals surface area contributed by atoms with Crippen LogP contribution in [-0.2, 0) is 5.41 Å². The number of carbonyl (C=O) groups is 2. The number of aromatic nitrogens is 1. The second-order valence-electron chi connectivity index (χ2n) is 6.96. The summed E-state index contributed by atoms with van der Waals surface area (Å²) in [5.74, 6) is -0.461. The number of aromatic amines is 1. The normalized spacial score (nSPS) is 12.7. The van der Waals surface area contributed by atoms with Crippen LogP contribution in [0.2, 0.25) is 0 Å². The Hall–Kier alpha value is -2.40. The number of benzene rings is 1. The average molecular weight is 328 g/mol. The molecule has 0 aliphatic heterocycles. The maximum atomic E-state index is 12.0. The molecular formula is C19H24N2O3. The van der Waals surface area contributed by atoms with E-state index in [1.54, 1.807) is 0 Å². The van der Waals surface area contributed by atoms with Crippen molar-refractivity contribution in [1.29, 1.82) is 0 Å². The molecule has 1 unspecified atom stereocenters.